The van der Waals surface area contributed by atoms with E-state index in [1.165, 1.54) is 5.56 Å². The number of aromatic hydroxyl groups is 1. The molecule has 2 aromatic carbocycles. The first kappa shape index (κ1) is 26.3. The molecular weight excluding hydrogens is 476 g/mol. The van der Waals surface area contributed by atoms with Gasteiger partial charge in [-0.1, -0.05) is 30.3 Å². The first-order chi connectivity index (χ1) is 18.3. The van der Waals surface area contributed by atoms with Crippen molar-refractivity contribution in [3.8, 4) is 11.8 Å². The van der Waals surface area contributed by atoms with E-state index in [0.717, 1.165) is 73.7 Å². The summed E-state index contributed by atoms with van der Waals surface area (Å²) in [7, 11) is 4.09. The van der Waals surface area contributed by atoms with Crippen molar-refractivity contribution in [3.63, 3.8) is 0 Å². The van der Waals surface area contributed by atoms with Gasteiger partial charge in [0, 0.05) is 68.0 Å². The molecule has 1 fully saturated rings. The molecule has 1 saturated heterocycles. The lowest BCUT2D eigenvalue weighted by Gasteiger charge is -2.42. The number of phenolic OH excluding ortho intramolecular Hbond substituents is 1. The summed E-state index contributed by atoms with van der Waals surface area (Å²) in [5, 5.41) is 12.6. The van der Waals surface area contributed by atoms with Crippen LogP contribution in [0.4, 0.5) is 11.5 Å². The molecule has 0 unspecified atom stereocenters. The largest absolute Gasteiger partial charge is 0.508 e. The van der Waals surface area contributed by atoms with Gasteiger partial charge in [0.25, 0.3) is 0 Å². The molecule has 3 aromatic rings. The minimum atomic E-state index is -0.0348. The average Bonchev–Trinajstić information content (AvgIpc) is 2.87. The molecule has 3 heterocycles. The van der Waals surface area contributed by atoms with Crippen molar-refractivity contribution < 1.29 is 9.84 Å². The van der Waals surface area contributed by atoms with Gasteiger partial charge in [0.2, 0.25) is 0 Å². The molecule has 0 amide bonds. The van der Waals surface area contributed by atoms with Crippen LogP contribution in [0.15, 0.2) is 49.1 Å². The number of anilines is 2. The molecule has 202 valence electrons. The van der Waals surface area contributed by atoms with Crippen LogP contribution in [-0.4, -0.2) is 90.4 Å². The van der Waals surface area contributed by atoms with Gasteiger partial charge in [-0.25, -0.2) is 0 Å². The predicted molar refractivity (Wildman–Crippen MR) is 154 cm³/mol. The van der Waals surface area contributed by atoms with Crippen molar-refractivity contribution in [3.05, 3.63) is 60.3 Å². The Balaban J connectivity index is 1.50. The predicted octanol–water partition coefficient (Wildman–Crippen LogP) is 3.92. The molecule has 1 aromatic heterocycles. The van der Waals surface area contributed by atoms with Crippen LogP contribution in [0, 0.1) is 0 Å². The van der Waals surface area contributed by atoms with Crippen LogP contribution >= 0.6 is 0 Å². The van der Waals surface area contributed by atoms with E-state index in [4.69, 9.17) is 14.7 Å². The molecule has 2 aliphatic rings. The maximum Gasteiger partial charge on any atom is 0.318 e. The molecule has 2 atom stereocenters. The summed E-state index contributed by atoms with van der Waals surface area (Å²) in [5.41, 5.74) is 3.24. The quantitative estimate of drug-likeness (QED) is 0.452. The van der Waals surface area contributed by atoms with Crippen molar-refractivity contribution in [1.29, 1.82) is 0 Å². The average molecular weight is 517 g/mol. The molecule has 0 aliphatic carbocycles. The maximum absolute atomic E-state index is 10.5. The molecule has 1 N–H and O–H groups in total. The van der Waals surface area contributed by atoms with Crippen molar-refractivity contribution in [1.82, 2.24) is 19.8 Å². The number of likely N-dealkylation sites (N-methyl/N-ethyl adjacent to an activating group) is 1. The molecule has 8 nitrogen and oxygen atoms in total. The van der Waals surface area contributed by atoms with E-state index >= 15 is 0 Å². The van der Waals surface area contributed by atoms with Crippen LogP contribution in [0.5, 0.6) is 11.8 Å². The highest BCUT2D eigenvalue weighted by molar-refractivity contribution is 5.95. The number of piperazine rings is 1. The summed E-state index contributed by atoms with van der Waals surface area (Å²) in [4.78, 5) is 19.3. The summed E-state index contributed by atoms with van der Waals surface area (Å²) in [6.45, 7) is 14.3. The number of nitrogens with zero attached hydrogens (tertiary/aromatic N) is 6. The zero-order valence-electron chi connectivity index (χ0n) is 23.1. The lowest BCUT2D eigenvalue weighted by atomic mass is 10.0. The second kappa shape index (κ2) is 11.2. The van der Waals surface area contributed by atoms with Crippen LogP contribution in [0.25, 0.3) is 10.8 Å². The van der Waals surface area contributed by atoms with Crippen LogP contribution in [0.1, 0.15) is 25.1 Å². The number of hydrogen-bond acceptors (Lipinski definition) is 8. The van der Waals surface area contributed by atoms with Gasteiger partial charge in [-0.05, 0) is 45.8 Å². The number of rotatable bonds is 8. The summed E-state index contributed by atoms with van der Waals surface area (Å²) in [6, 6.07) is 12.7. The normalized spacial score (nSPS) is 19.0. The Labute approximate surface area is 226 Å². The molecule has 8 heteroatoms. The van der Waals surface area contributed by atoms with Gasteiger partial charge in [-0.15, -0.1) is 6.58 Å². The van der Waals surface area contributed by atoms with Crippen LogP contribution < -0.4 is 14.5 Å². The number of aromatic nitrogens is 2. The Morgan fingerprint density at radius 3 is 2.76 bits per heavy atom. The monoisotopic (exact) mass is 516 g/mol. The van der Waals surface area contributed by atoms with E-state index in [-0.39, 0.29) is 11.9 Å². The lowest BCUT2D eigenvalue weighted by Crippen LogP contribution is -2.52. The van der Waals surface area contributed by atoms with Gasteiger partial charge in [0.15, 0.2) is 0 Å². The Kier molecular flexibility index (Phi) is 7.72. The van der Waals surface area contributed by atoms with Gasteiger partial charge in [0.05, 0.1) is 12.2 Å². The third-order valence-corrected chi connectivity index (χ3v) is 7.49. The van der Waals surface area contributed by atoms with E-state index in [1.54, 1.807) is 0 Å². The van der Waals surface area contributed by atoms with E-state index in [9.17, 15) is 5.11 Å². The Bertz CT molecular complexity index is 1300. The highest BCUT2D eigenvalue weighted by Gasteiger charge is 2.31. The highest BCUT2D eigenvalue weighted by atomic mass is 16.5. The van der Waals surface area contributed by atoms with E-state index in [1.807, 2.05) is 50.5 Å². The molecule has 0 bridgehead atoms. The third-order valence-electron chi connectivity index (χ3n) is 7.49. The first-order valence-electron chi connectivity index (χ1n) is 13.6. The van der Waals surface area contributed by atoms with Crippen LogP contribution in [0.2, 0.25) is 0 Å². The third kappa shape index (κ3) is 5.56. The van der Waals surface area contributed by atoms with E-state index in [2.05, 4.69) is 46.1 Å². The first-order valence-corrected chi connectivity index (χ1v) is 13.6. The Hall–Kier alpha value is -3.36. The Morgan fingerprint density at radius 1 is 1.18 bits per heavy atom. The van der Waals surface area contributed by atoms with Crippen molar-refractivity contribution in [2.45, 2.75) is 39.0 Å². The van der Waals surface area contributed by atoms with Crippen molar-refractivity contribution in [2.75, 3.05) is 63.2 Å². The minimum absolute atomic E-state index is 0.0348. The molecule has 2 aliphatic heterocycles. The van der Waals surface area contributed by atoms with E-state index in [0.29, 0.717) is 18.6 Å². The van der Waals surface area contributed by atoms with Crippen LogP contribution in [-0.2, 0) is 13.0 Å². The topological polar surface area (TPSA) is 68.2 Å². The Morgan fingerprint density at radius 2 is 2.00 bits per heavy atom. The molecular formula is C30H40N6O2. The molecule has 5 rings (SSSR count). The number of ether oxygens (including phenoxy) is 1. The summed E-state index contributed by atoms with van der Waals surface area (Å²) >= 11 is 0. The maximum atomic E-state index is 10.5. The fourth-order valence-electron chi connectivity index (χ4n) is 5.85. The molecule has 38 heavy (non-hydrogen) atoms. The highest BCUT2D eigenvalue weighted by Crippen LogP contribution is 2.37. The number of fused-ring (bicyclic) bond motifs is 2. The number of phenols is 1. The van der Waals surface area contributed by atoms with Gasteiger partial charge in [-0.3, -0.25) is 4.90 Å². The minimum Gasteiger partial charge on any atom is -0.508 e. The summed E-state index contributed by atoms with van der Waals surface area (Å²) in [5.74, 6) is 1.29. The second-order valence-electron chi connectivity index (χ2n) is 10.9. The molecule has 0 saturated carbocycles. The van der Waals surface area contributed by atoms with Crippen LogP contribution in [0.3, 0.4) is 0 Å². The van der Waals surface area contributed by atoms with Crippen molar-refractivity contribution >= 4 is 22.3 Å². The zero-order valence-corrected chi connectivity index (χ0v) is 23.1. The lowest BCUT2D eigenvalue weighted by molar-refractivity contribution is 0.162. The van der Waals surface area contributed by atoms with Gasteiger partial charge < -0.3 is 24.5 Å². The second-order valence-corrected chi connectivity index (χ2v) is 10.9. The SMILES string of the molecule is C=CCN1CCN(c2nc(O[C@H](C)CN(C)C)nc3c2CCN(c2cc(O)cc4ccccc24)C3)[C@@H](C)C1. The standard InChI is InChI=1S/C30H40N6O2/c1-6-12-34-14-15-36(21(2)18-34)29-26-11-13-35(28-17-24(37)16-23-9-7-8-10-25(23)28)20-27(26)31-30(32-29)38-22(3)19-33(4)5/h6-10,16-17,21-22,37H,1,11-15,18-20H2,2-5H3/t21-,22+/m0/s1. The number of benzene rings is 2. The summed E-state index contributed by atoms with van der Waals surface area (Å²) < 4.78 is 6.28. The smallest absolute Gasteiger partial charge is 0.318 e. The van der Waals surface area contributed by atoms with Gasteiger partial charge >= 0.3 is 6.01 Å². The summed E-state index contributed by atoms with van der Waals surface area (Å²) in [6.07, 6.45) is 2.78. The fourth-order valence-corrected chi connectivity index (χ4v) is 5.85. The van der Waals surface area contributed by atoms with E-state index < -0.39 is 0 Å². The van der Waals surface area contributed by atoms with Crippen molar-refractivity contribution in [2.24, 2.45) is 0 Å². The zero-order chi connectivity index (χ0) is 26.8. The molecule has 0 spiro atoms. The number of hydrogen-bond donors (Lipinski definition) is 1. The fraction of sp³-hybridized carbons (Fsp3) is 0.467. The molecule has 0 radical (unpaired) electrons. The van der Waals surface area contributed by atoms with Gasteiger partial charge in [-0.2, -0.15) is 9.97 Å². The van der Waals surface area contributed by atoms with Gasteiger partial charge in [0.1, 0.15) is 17.7 Å².